The van der Waals surface area contributed by atoms with Crippen molar-refractivity contribution in [3.8, 4) is 5.75 Å². The van der Waals surface area contributed by atoms with Crippen molar-refractivity contribution in [1.82, 2.24) is 9.88 Å². The number of hydrogen-bond acceptors (Lipinski definition) is 4. The Balaban J connectivity index is 1.71. The van der Waals surface area contributed by atoms with E-state index >= 15 is 0 Å². The van der Waals surface area contributed by atoms with Gasteiger partial charge in [0.05, 0.1) is 5.69 Å². The first-order valence-corrected chi connectivity index (χ1v) is 7.30. The average Bonchev–Trinajstić information content (AvgIpc) is 2.58. The number of para-hydroxylation sites is 2. The molecule has 0 N–H and O–H groups in total. The first-order chi connectivity index (χ1) is 11.1. The van der Waals surface area contributed by atoms with Crippen molar-refractivity contribution in [2.75, 3.05) is 25.1 Å². The highest BCUT2D eigenvalue weighted by Gasteiger charge is 2.27. The van der Waals surface area contributed by atoms with Gasteiger partial charge in [-0.2, -0.15) is 0 Å². The molecule has 0 saturated heterocycles. The van der Waals surface area contributed by atoms with Gasteiger partial charge < -0.3 is 9.64 Å². The minimum absolute atomic E-state index is 0.000784. The smallest absolute Gasteiger partial charge is 0.265 e. The fraction of sp³-hybridized carbons (Fsp3) is 0.235. The molecule has 0 saturated carbocycles. The molecule has 0 fully saturated rings. The Kier molecular flexibility index (Phi) is 4.23. The molecule has 2 heterocycles. The number of carbonyl (C=O) groups excluding carboxylic acids is 2. The number of hydrogen-bond donors (Lipinski definition) is 0. The highest BCUT2D eigenvalue weighted by molar-refractivity contribution is 6.02. The van der Waals surface area contributed by atoms with Gasteiger partial charge in [-0.1, -0.05) is 12.1 Å². The normalized spacial score (nSPS) is 13.3. The minimum Gasteiger partial charge on any atom is -0.482 e. The predicted molar refractivity (Wildman–Crippen MR) is 85.0 cm³/mol. The molecule has 6 nitrogen and oxygen atoms in total. The number of benzene rings is 1. The minimum atomic E-state index is -0.214. The second-order valence-electron chi connectivity index (χ2n) is 5.34. The summed E-state index contributed by atoms with van der Waals surface area (Å²) >= 11 is 0. The van der Waals surface area contributed by atoms with Gasteiger partial charge in [0.1, 0.15) is 12.3 Å². The number of fused-ring (bicyclic) bond motifs is 1. The maximum absolute atomic E-state index is 12.4. The van der Waals surface area contributed by atoms with E-state index in [1.165, 1.54) is 4.90 Å². The first kappa shape index (κ1) is 15.0. The number of likely N-dealkylation sites (N-methyl/N-ethyl adjacent to an activating group) is 1. The molecule has 0 spiro atoms. The molecule has 1 aromatic heterocycles. The molecule has 0 bridgehead atoms. The van der Waals surface area contributed by atoms with Crippen LogP contribution in [0.5, 0.6) is 5.75 Å². The van der Waals surface area contributed by atoms with Gasteiger partial charge in [0.15, 0.2) is 6.61 Å². The van der Waals surface area contributed by atoms with Gasteiger partial charge in [-0.05, 0) is 29.8 Å². The van der Waals surface area contributed by atoms with E-state index in [2.05, 4.69) is 4.98 Å². The van der Waals surface area contributed by atoms with Crippen molar-refractivity contribution in [2.45, 2.75) is 6.54 Å². The Bertz CT molecular complexity index is 718. The van der Waals surface area contributed by atoms with E-state index in [1.807, 2.05) is 24.3 Å². The fourth-order valence-electron chi connectivity index (χ4n) is 2.43. The van der Waals surface area contributed by atoms with Gasteiger partial charge in [0.25, 0.3) is 5.91 Å². The van der Waals surface area contributed by atoms with E-state index in [4.69, 9.17) is 4.74 Å². The van der Waals surface area contributed by atoms with Gasteiger partial charge in [-0.25, -0.2) is 0 Å². The lowest BCUT2D eigenvalue weighted by Crippen LogP contribution is -2.45. The van der Waals surface area contributed by atoms with Crippen molar-refractivity contribution in [2.24, 2.45) is 0 Å². The molecule has 1 aliphatic heterocycles. The number of pyridine rings is 1. The van der Waals surface area contributed by atoms with Crippen LogP contribution in [0.3, 0.4) is 0 Å². The van der Waals surface area contributed by atoms with E-state index < -0.39 is 0 Å². The Morgan fingerprint density at radius 2 is 2.00 bits per heavy atom. The molecule has 1 aromatic carbocycles. The summed E-state index contributed by atoms with van der Waals surface area (Å²) in [4.78, 5) is 31.6. The molecule has 2 amide bonds. The molecular formula is C17H17N3O3. The van der Waals surface area contributed by atoms with Crippen molar-refractivity contribution >= 4 is 17.5 Å². The van der Waals surface area contributed by atoms with Crippen molar-refractivity contribution in [1.29, 1.82) is 0 Å². The van der Waals surface area contributed by atoms with E-state index in [-0.39, 0.29) is 25.0 Å². The number of nitrogens with zero attached hydrogens (tertiary/aromatic N) is 3. The van der Waals surface area contributed by atoms with Crippen LogP contribution in [0.2, 0.25) is 0 Å². The summed E-state index contributed by atoms with van der Waals surface area (Å²) in [5, 5.41) is 0. The van der Waals surface area contributed by atoms with E-state index in [0.717, 1.165) is 5.56 Å². The molecule has 2 aromatic rings. The summed E-state index contributed by atoms with van der Waals surface area (Å²) in [6, 6.07) is 10.9. The molecule has 6 heteroatoms. The second-order valence-corrected chi connectivity index (χ2v) is 5.34. The Morgan fingerprint density at radius 3 is 2.78 bits per heavy atom. The van der Waals surface area contributed by atoms with Crippen LogP contribution in [0.25, 0.3) is 0 Å². The summed E-state index contributed by atoms with van der Waals surface area (Å²) in [5.74, 6) is 0.276. The summed E-state index contributed by atoms with van der Waals surface area (Å²) in [7, 11) is 1.72. The van der Waals surface area contributed by atoms with Crippen LogP contribution in [0.4, 0.5) is 5.69 Å². The van der Waals surface area contributed by atoms with E-state index in [0.29, 0.717) is 18.0 Å². The van der Waals surface area contributed by atoms with Gasteiger partial charge in [0, 0.05) is 26.0 Å². The zero-order valence-electron chi connectivity index (χ0n) is 12.8. The lowest BCUT2D eigenvalue weighted by Gasteiger charge is -2.30. The van der Waals surface area contributed by atoms with Crippen LogP contribution in [0.15, 0.2) is 48.8 Å². The Hall–Kier alpha value is -2.89. The van der Waals surface area contributed by atoms with Crippen LogP contribution >= 0.6 is 0 Å². The Labute approximate surface area is 134 Å². The molecule has 0 atom stereocenters. The number of aromatic nitrogens is 1. The lowest BCUT2D eigenvalue weighted by atomic mass is 10.2. The third-order valence-corrected chi connectivity index (χ3v) is 3.70. The zero-order chi connectivity index (χ0) is 16.2. The molecular weight excluding hydrogens is 294 g/mol. The number of amides is 2. The van der Waals surface area contributed by atoms with E-state index in [1.54, 1.807) is 36.5 Å². The maximum Gasteiger partial charge on any atom is 0.265 e. The third kappa shape index (κ3) is 3.31. The maximum atomic E-state index is 12.4. The molecule has 0 unspecified atom stereocenters. The summed E-state index contributed by atoms with van der Waals surface area (Å²) in [5.41, 5.74) is 1.62. The molecule has 0 aliphatic carbocycles. The third-order valence-electron chi connectivity index (χ3n) is 3.70. The second kappa shape index (κ2) is 6.48. The van der Waals surface area contributed by atoms with Crippen molar-refractivity contribution in [3.05, 3.63) is 54.4 Å². The van der Waals surface area contributed by atoms with Crippen molar-refractivity contribution < 1.29 is 14.3 Å². The fourth-order valence-corrected chi connectivity index (χ4v) is 2.43. The number of ether oxygens (including phenoxy) is 1. The van der Waals surface area contributed by atoms with Crippen LogP contribution in [0.1, 0.15) is 5.56 Å². The number of carbonyl (C=O) groups is 2. The summed E-state index contributed by atoms with van der Waals surface area (Å²) < 4.78 is 5.38. The first-order valence-electron chi connectivity index (χ1n) is 7.30. The largest absolute Gasteiger partial charge is 0.482 e. The molecule has 118 valence electrons. The number of anilines is 1. The lowest BCUT2D eigenvalue weighted by molar-refractivity contribution is -0.131. The molecule has 1 aliphatic rings. The SMILES string of the molecule is CN(Cc1ccncc1)C(=O)CN1C(=O)COc2ccccc21. The molecule has 0 radical (unpaired) electrons. The standard InChI is InChI=1S/C17H17N3O3/c1-19(10-13-6-8-18-9-7-13)16(21)11-20-14-4-2-3-5-15(14)23-12-17(20)22/h2-9H,10-12H2,1H3. The summed E-state index contributed by atoms with van der Waals surface area (Å²) in [6.07, 6.45) is 3.38. The predicted octanol–water partition coefficient (Wildman–Crippen LogP) is 1.47. The van der Waals surface area contributed by atoms with Gasteiger partial charge in [-0.3, -0.25) is 19.5 Å². The van der Waals surface area contributed by atoms with Gasteiger partial charge in [-0.15, -0.1) is 0 Å². The van der Waals surface area contributed by atoms with Crippen LogP contribution in [-0.4, -0.2) is 41.9 Å². The topological polar surface area (TPSA) is 62.7 Å². The van der Waals surface area contributed by atoms with Gasteiger partial charge in [0.2, 0.25) is 5.91 Å². The molecule has 23 heavy (non-hydrogen) atoms. The van der Waals surface area contributed by atoms with Crippen LogP contribution < -0.4 is 9.64 Å². The van der Waals surface area contributed by atoms with Gasteiger partial charge >= 0.3 is 0 Å². The van der Waals surface area contributed by atoms with E-state index in [9.17, 15) is 9.59 Å². The zero-order valence-corrected chi connectivity index (χ0v) is 12.8. The molecule has 3 rings (SSSR count). The van der Waals surface area contributed by atoms with Crippen LogP contribution in [-0.2, 0) is 16.1 Å². The highest BCUT2D eigenvalue weighted by atomic mass is 16.5. The quantitative estimate of drug-likeness (QED) is 0.858. The number of rotatable bonds is 4. The highest BCUT2D eigenvalue weighted by Crippen LogP contribution is 2.31. The Morgan fingerprint density at radius 1 is 1.26 bits per heavy atom. The van der Waals surface area contributed by atoms with Crippen LogP contribution in [0, 0.1) is 0 Å². The average molecular weight is 311 g/mol. The van der Waals surface area contributed by atoms with Crippen molar-refractivity contribution in [3.63, 3.8) is 0 Å². The monoisotopic (exact) mass is 311 g/mol. The summed E-state index contributed by atoms with van der Waals surface area (Å²) in [6.45, 7) is 0.431.